The first-order valence-electron chi connectivity index (χ1n) is 5.65. The maximum atomic E-state index is 6.09. The van der Waals surface area contributed by atoms with Crippen molar-refractivity contribution in [3.8, 4) is 0 Å². The average molecular weight is 181 g/mol. The first kappa shape index (κ1) is 9.51. The second-order valence-corrected chi connectivity index (χ2v) is 6.08. The van der Waals surface area contributed by atoms with E-state index in [2.05, 4.69) is 27.7 Å². The second-order valence-electron chi connectivity index (χ2n) is 6.08. The minimum atomic E-state index is 0.384. The molecule has 13 heavy (non-hydrogen) atoms. The molecule has 2 saturated carbocycles. The molecule has 0 aliphatic heterocycles. The maximum absolute atomic E-state index is 6.09. The zero-order valence-electron chi connectivity index (χ0n) is 9.43. The van der Waals surface area contributed by atoms with Gasteiger partial charge in [0, 0.05) is 6.04 Å². The predicted octanol–water partition coefficient (Wildman–Crippen LogP) is 2.80. The predicted molar refractivity (Wildman–Crippen MR) is 56.4 cm³/mol. The van der Waals surface area contributed by atoms with Crippen molar-refractivity contribution in [3.05, 3.63) is 0 Å². The summed E-state index contributed by atoms with van der Waals surface area (Å²) in [4.78, 5) is 0. The normalized spacial score (nSPS) is 49.6. The minimum Gasteiger partial charge on any atom is -0.328 e. The van der Waals surface area contributed by atoms with Gasteiger partial charge < -0.3 is 5.73 Å². The van der Waals surface area contributed by atoms with Crippen molar-refractivity contribution in [3.63, 3.8) is 0 Å². The average Bonchev–Trinajstić information content (AvgIpc) is 2.34. The fourth-order valence-corrected chi connectivity index (χ4v) is 4.06. The zero-order valence-corrected chi connectivity index (χ0v) is 9.43. The van der Waals surface area contributed by atoms with Gasteiger partial charge in [-0.15, -0.1) is 0 Å². The highest BCUT2D eigenvalue weighted by molar-refractivity contribution is 5.11. The molecule has 2 N–H and O–H groups in total. The van der Waals surface area contributed by atoms with Crippen LogP contribution in [0.5, 0.6) is 0 Å². The van der Waals surface area contributed by atoms with Crippen LogP contribution in [0.1, 0.15) is 47.0 Å². The van der Waals surface area contributed by atoms with Crippen LogP contribution >= 0.6 is 0 Å². The van der Waals surface area contributed by atoms with Crippen molar-refractivity contribution in [2.75, 3.05) is 0 Å². The quantitative estimate of drug-likeness (QED) is 0.661. The van der Waals surface area contributed by atoms with E-state index in [9.17, 15) is 0 Å². The van der Waals surface area contributed by atoms with Crippen LogP contribution in [0.2, 0.25) is 0 Å². The minimum absolute atomic E-state index is 0.384. The molecule has 76 valence electrons. The summed E-state index contributed by atoms with van der Waals surface area (Å²) in [7, 11) is 0. The molecule has 0 aromatic carbocycles. The molecule has 2 aliphatic carbocycles. The molecule has 0 unspecified atom stereocenters. The summed E-state index contributed by atoms with van der Waals surface area (Å²) in [6.45, 7) is 9.56. The lowest BCUT2D eigenvalue weighted by Crippen LogP contribution is -2.40. The Kier molecular flexibility index (Phi) is 1.83. The molecule has 0 saturated heterocycles. The van der Waals surface area contributed by atoms with Crippen LogP contribution in [0.3, 0.4) is 0 Å². The van der Waals surface area contributed by atoms with Crippen molar-refractivity contribution in [1.29, 1.82) is 0 Å². The summed E-state index contributed by atoms with van der Waals surface area (Å²) < 4.78 is 0. The highest BCUT2D eigenvalue weighted by Crippen LogP contribution is 2.68. The van der Waals surface area contributed by atoms with Crippen molar-refractivity contribution < 1.29 is 0 Å². The van der Waals surface area contributed by atoms with Crippen LogP contribution in [0, 0.1) is 22.7 Å². The standard InChI is InChI=1S/C12H23N/c1-8(13)10-7-9-5-6-12(10,4)11(9,2)3/h8-10H,5-7,13H2,1-4H3/t8-,9-,10-,12-/m0/s1. The van der Waals surface area contributed by atoms with Crippen LogP contribution in [-0.4, -0.2) is 6.04 Å². The van der Waals surface area contributed by atoms with E-state index in [-0.39, 0.29) is 0 Å². The van der Waals surface area contributed by atoms with E-state index in [1.165, 1.54) is 19.3 Å². The summed E-state index contributed by atoms with van der Waals surface area (Å²) in [6.07, 6.45) is 4.21. The topological polar surface area (TPSA) is 26.0 Å². The van der Waals surface area contributed by atoms with Gasteiger partial charge in [0.1, 0.15) is 0 Å². The van der Waals surface area contributed by atoms with Crippen LogP contribution in [0.15, 0.2) is 0 Å². The molecule has 2 bridgehead atoms. The monoisotopic (exact) mass is 181 g/mol. The highest BCUT2D eigenvalue weighted by Gasteiger charge is 2.61. The summed E-state index contributed by atoms with van der Waals surface area (Å²) in [5, 5.41) is 0. The lowest BCUT2D eigenvalue weighted by atomic mass is 9.65. The first-order chi connectivity index (χ1) is 5.89. The number of hydrogen-bond acceptors (Lipinski definition) is 1. The van der Waals surface area contributed by atoms with Gasteiger partial charge in [0.05, 0.1) is 0 Å². The van der Waals surface area contributed by atoms with Gasteiger partial charge in [-0.2, -0.15) is 0 Å². The van der Waals surface area contributed by atoms with Gasteiger partial charge >= 0.3 is 0 Å². The van der Waals surface area contributed by atoms with E-state index in [1.54, 1.807) is 0 Å². The maximum Gasteiger partial charge on any atom is 0.00442 e. The number of hydrogen-bond donors (Lipinski definition) is 1. The molecule has 0 aromatic rings. The first-order valence-corrected chi connectivity index (χ1v) is 5.65. The molecule has 0 radical (unpaired) electrons. The van der Waals surface area contributed by atoms with E-state index in [4.69, 9.17) is 5.73 Å². The van der Waals surface area contributed by atoms with E-state index in [1.807, 2.05) is 0 Å². The summed E-state index contributed by atoms with van der Waals surface area (Å²) in [5.41, 5.74) is 7.14. The van der Waals surface area contributed by atoms with Crippen molar-refractivity contribution >= 4 is 0 Å². The number of rotatable bonds is 1. The molecular weight excluding hydrogens is 158 g/mol. The van der Waals surface area contributed by atoms with Gasteiger partial charge in [-0.25, -0.2) is 0 Å². The van der Waals surface area contributed by atoms with E-state index >= 15 is 0 Å². The highest BCUT2D eigenvalue weighted by atomic mass is 14.7. The third-order valence-corrected chi connectivity index (χ3v) is 5.50. The Hall–Kier alpha value is -0.0400. The third kappa shape index (κ3) is 0.971. The molecule has 0 amide bonds. The molecule has 2 aliphatic rings. The Labute approximate surface area is 82.1 Å². The van der Waals surface area contributed by atoms with Crippen molar-refractivity contribution in [2.45, 2.75) is 53.0 Å². The number of nitrogens with two attached hydrogens (primary N) is 1. The molecule has 2 rings (SSSR count). The Bertz CT molecular complexity index is 219. The third-order valence-electron chi connectivity index (χ3n) is 5.50. The van der Waals surface area contributed by atoms with E-state index < -0.39 is 0 Å². The fourth-order valence-electron chi connectivity index (χ4n) is 4.06. The van der Waals surface area contributed by atoms with Crippen LogP contribution in [0.25, 0.3) is 0 Å². The zero-order chi connectivity index (χ0) is 9.85. The molecule has 1 nitrogen and oxygen atoms in total. The Morgan fingerprint density at radius 1 is 1.31 bits per heavy atom. The Morgan fingerprint density at radius 3 is 2.15 bits per heavy atom. The summed E-state index contributed by atoms with van der Waals surface area (Å²) in [6, 6.07) is 0.384. The van der Waals surface area contributed by atoms with Gasteiger partial charge in [0.15, 0.2) is 0 Å². The lowest BCUT2D eigenvalue weighted by Gasteiger charge is -2.41. The van der Waals surface area contributed by atoms with Crippen molar-refractivity contribution in [1.82, 2.24) is 0 Å². The van der Waals surface area contributed by atoms with Crippen LogP contribution in [-0.2, 0) is 0 Å². The molecule has 0 aromatic heterocycles. The van der Waals surface area contributed by atoms with Gasteiger partial charge in [-0.3, -0.25) is 0 Å². The Morgan fingerprint density at radius 2 is 1.92 bits per heavy atom. The summed E-state index contributed by atoms with van der Waals surface area (Å²) >= 11 is 0. The summed E-state index contributed by atoms with van der Waals surface area (Å²) in [5.74, 6) is 1.70. The fraction of sp³-hybridized carbons (Fsp3) is 1.00. The SMILES string of the molecule is C[C@H](N)[C@@H]1C[C@@H]2CC[C@]1(C)C2(C)C. The molecule has 0 heterocycles. The molecular formula is C12H23N. The van der Waals surface area contributed by atoms with Gasteiger partial charge in [0.2, 0.25) is 0 Å². The lowest BCUT2D eigenvalue weighted by molar-refractivity contribution is 0.0911. The molecule has 1 heteroatoms. The van der Waals surface area contributed by atoms with E-state index in [0.29, 0.717) is 16.9 Å². The molecule has 4 atom stereocenters. The van der Waals surface area contributed by atoms with Gasteiger partial charge in [0.25, 0.3) is 0 Å². The van der Waals surface area contributed by atoms with Gasteiger partial charge in [-0.1, -0.05) is 20.8 Å². The second kappa shape index (κ2) is 2.50. The number of fused-ring (bicyclic) bond motifs is 2. The largest absolute Gasteiger partial charge is 0.328 e. The Balaban J connectivity index is 2.33. The van der Waals surface area contributed by atoms with Crippen LogP contribution < -0.4 is 5.73 Å². The smallest absolute Gasteiger partial charge is 0.00442 e. The molecule has 2 fully saturated rings. The van der Waals surface area contributed by atoms with E-state index in [0.717, 1.165) is 11.8 Å². The van der Waals surface area contributed by atoms with Gasteiger partial charge in [-0.05, 0) is 48.9 Å². The van der Waals surface area contributed by atoms with Crippen LogP contribution in [0.4, 0.5) is 0 Å². The molecule has 0 spiro atoms. The van der Waals surface area contributed by atoms with Crippen molar-refractivity contribution in [2.24, 2.45) is 28.4 Å².